The zero-order chi connectivity index (χ0) is 12.6. The number of rotatable bonds is 3. The molecule has 4 nitrogen and oxygen atoms in total. The van der Waals surface area contributed by atoms with Gasteiger partial charge in [-0.15, -0.1) is 0 Å². The first-order valence-corrected chi connectivity index (χ1v) is 5.37. The molecular weight excluding hydrogens is 223 g/mol. The summed E-state index contributed by atoms with van der Waals surface area (Å²) in [5.41, 5.74) is 1.17. The fourth-order valence-electron chi connectivity index (χ4n) is 1.87. The molecule has 0 aliphatic heterocycles. The van der Waals surface area contributed by atoms with E-state index in [1.165, 1.54) is 12.1 Å². The topological polar surface area (TPSA) is 55.1 Å². The second-order valence-corrected chi connectivity index (χ2v) is 4.22. The molecule has 1 aromatic heterocycles. The van der Waals surface area contributed by atoms with Crippen LogP contribution in [0.2, 0.25) is 0 Å². The number of hydrogen-bond donors (Lipinski definition) is 1. The van der Waals surface area contributed by atoms with Crippen LogP contribution in [0.25, 0.3) is 10.9 Å². The highest BCUT2D eigenvalue weighted by Crippen LogP contribution is 2.23. The van der Waals surface area contributed by atoms with Gasteiger partial charge in [0.15, 0.2) is 0 Å². The highest BCUT2D eigenvalue weighted by Gasteiger charge is 2.16. The van der Waals surface area contributed by atoms with Gasteiger partial charge in [-0.3, -0.25) is 9.48 Å². The van der Waals surface area contributed by atoms with Gasteiger partial charge in [0.05, 0.1) is 17.6 Å². The summed E-state index contributed by atoms with van der Waals surface area (Å²) in [7, 11) is 0. The van der Waals surface area contributed by atoms with Gasteiger partial charge >= 0.3 is 5.97 Å². The highest BCUT2D eigenvalue weighted by atomic mass is 19.1. The molecule has 0 saturated carbocycles. The van der Waals surface area contributed by atoms with Crippen LogP contribution in [0.3, 0.4) is 0 Å². The van der Waals surface area contributed by atoms with E-state index in [9.17, 15) is 9.18 Å². The van der Waals surface area contributed by atoms with Gasteiger partial charge in [0, 0.05) is 11.4 Å². The van der Waals surface area contributed by atoms with Gasteiger partial charge in [-0.25, -0.2) is 4.39 Å². The largest absolute Gasteiger partial charge is 0.481 e. The van der Waals surface area contributed by atoms with E-state index in [0.717, 1.165) is 0 Å². The minimum atomic E-state index is -0.946. The molecule has 0 atom stereocenters. The fraction of sp³-hybridized carbons (Fsp3) is 0.333. The lowest BCUT2D eigenvalue weighted by atomic mass is 10.1. The number of benzene rings is 1. The van der Waals surface area contributed by atoms with Gasteiger partial charge < -0.3 is 5.11 Å². The van der Waals surface area contributed by atoms with Crippen LogP contribution >= 0.6 is 0 Å². The summed E-state index contributed by atoms with van der Waals surface area (Å²) in [5.74, 6) is -1.33. The highest BCUT2D eigenvalue weighted by molar-refractivity contribution is 5.85. The quantitative estimate of drug-likeness (QED) is 0.890. The monoisotopic (exact) mass is 236 g/mol. The zero-order valence-corrected chi connectivity index (χ0v) is 9.64. The number of nitrogens with zero attached hydrogens (tertiary/aromatic N) is 2. The van der Waals surface area contributed by atoms with Crippen molar-refractivity contribution in [2.45, 2.75) is 26.3 Å². The van der Waals surface area contributed by atoms with Crippen LogP contribution in [-0.4, -0.2) is 20.9 Å². The van der Waals surface area contributed by atoms with Crippen molar-refractivity contribution in [1.29, 1.82) is 0 Å². The van der Waals surface area contributed by atoms with E-state index in [2.05, 4.69) is 5.10 Å². The van der Waals surface area contributed by atoms with Crippen LogP contribution in [0.4, 0.5) is 4.39 Å². The summed E-state index contributed by atoms with van der Waals surface area (Å²) < 4.78 is 14.8. The van der Waals surface area contributed by atoms with Gasteiger partial charge in [-0.1, -0.05) is 0 Å². The third-order valence-corrected chi connectivity index (χ3v) is 2.57. The number of carboxylic acids is 1. The maximum absolute atomic E-state index is 13.2. The van der Waals surface area contributed by atoms with E-state index in [1.807, 2.05) is 13.8 Å². The third kappa shape index (κ3) is 2.13. The van der Waals surface area contributed by atoms with Crippen molar-refractivity contribution in [1.82, 2.24) is 9.78 Å². The van der Waals surface area contributed by atoms with Crippen molar-refractivity contribution in [3.63, 3.8) is 0 Å². The number of fused-ring (bicyclic) bond motifs is 1. The SMILES string of the molecule is CC(C)n1nc2ccc(F)cc2c1CC(=O)O. The Morgan fingerprint density at radius 2 is 2.24 bits per heavy atom. The van der Waals surface area contributed by atoms with Gasteiger partial charge in [0.25, 0.3) is 0 Å². The number of halogens is 1. The zero-order valence-electron chi connectivity index (χ0n) is 9.64. The maximum Gasteiger partial charge on any atom is 0.309 e. The lowest BCUT2D eigenvalue weighted by Crippen LogP contribution is -2.11. The molecule has 1 N–H and O–H groups in total. The minimum Gasteiger partial charge on any atom is -0.481 e. The molecule has 0 saturated heterocycles. The Balaban J connectivity index is 2.68. The van der Waals surface area contributed by atoms with Crippen molar-refractivity contribution in [2.24, 2.45) is 0 Å². The van der Waals surface area contributed by atoms with Gasteiger partial charge in [-0.2, -0.15) is 5.10 Å². The number of carboxylic acid groups (broad SMARTS) is 1. The van der Waals surface area contributed by atoms with Gasteiger partial charge in [0.2, 0.25) is 0 Å². The first-order chi connectivity index (χ1) is 7.99. The predicted molar refractivity (Wildman–Crippen MR) is 61.4 cm³/mol. The molecular formula is C12H13FN2O2. The number of aromatic nitrogens is 2. The second kappa shape index (κ2) is 4.16. The molecule has 2 aromatic rings. The number of carbonyl (C=O) groups is 1. The summed E-state index contributed by atoms with van der Waals surface area (Å²) in [6, 6.07) is 4.26. The third-order valence-electron chi connectivity index (χ3n) is 2.57. The minimum absolute atomic E-state index is 0.0415. The van der Waals surface area contributed by atoms with Crippen LogP contribution in [0, 0.1) is 5.82 Å². The molecule has 1 aromatic carbocycles. The Kier molecular flexibility index (Phi) is 2.83. The normalized spacial score (nSPS) is 11.3. The molecule has 0 radical (unpaired) electrons. The average molecular weight is 236 g/mol. The predicted octanol–water partition coefficient (Wildman–Crippen LogP) is 2.38. The summed E-state index contributed by atoms with van der Waals surface area (Å²) in [5, 5.41) is 13.7. The van der Waals surface area contributed by atoms with Crippen molar-refractivity contribution in [3.8, 4) is 0 Å². The van der Waals surface area contributed by atoms with Crippen molar-refractivity contribution < 1.29 is 14.3 Å². The van der Waals surface area contributed by atoms with E-state index in [-0.39, 0.29) is 18.3 Å². The first kappa shape index (κ1) is 11.6. The summed E-state index contributed by atoms with van der Waals surface area (Å²) in [6.07, 6.45) is -0.155. The Morgan fingerprint density at radius 3 is 2.82 bits per heavy atom. The molecule has 0 amide bonds. The summed E-state index contributed by atoms with van der Waals surface area (Å²) in [4.78, 5) is 10.8. The number of aliphatic carboxylic acids is 1. The molecule has 5 heteroatoms. The standard InChI is InChI=1S/C12H13FN2O2/c1-7(2)15-11(6-12(16)17)9-5-8(13)3-4-10(9)14-15/h3-5,7H,6H2,1-2H3,(H,16,17). The van der Waals surface area contributed by atoms with Crippen molar-refractivity contribution in [2.75, 3.05) is 0 Å². The van der Waals surface area contributed by atoms with E-state index >= 15 is 0 Å². The lowest BCUT2D eigenvalue weighted by molar-refractivity contribution is -0.136. The van der Waals surface area contributed by atoms with Crippen molar-refractivity contribution >= 4 is 16.9 Å². The molecule has 0 bridgehead atoms. The van der Waals surface area contributed by atoms with Crippen LogP contribution in [0.5, 0.6) is 0 Å². The molecule has 0 aliphatic carbocycles. The van der Waals surface area contributed by atoms with Crippen LogP contribution in [-0.2, 0) is 11.2 Å². The van der Waals surface area contributed by atoms with Crippen LogP contribution in [0.1, 0.15) is 25.6 Å². The van der Waals surface area contributed by atoms with Crippen LogP contribution < -0.4 is 0 Å². The van der Waals surface area contributed by atoms with E-state index in [1.54, 1.807) is 10.7 Å². The van der Waals surface area contributed by atoms with E-state index < -0.39 is 5.97 Å². The molecule has 0 spiro atoms. The fourth-order valence-corrected chi connectivity index (χ4v) is 1.87. The molecule has 2 rings (SSSR count). The first-order valence-electron chi connectivity index (χ1n) is 5.37. The number of hydrogen-bond acceptors (Lipinski definition) is 2. The molecule has 0 aliphatic rings. The lowest BCUT2D eigenvalue weighted by Gasteiger charge is -2.09. The Morgan fingerprint density at radius 1 is 1.53 bits per heavy atom. The molecule has 17 heavy (non-hydrogen) atoms. The summed E-state index contributed by atoms with van der Waals surface area (Å²) >= 11 is 0. The van der Waals surface area contributed by atoms with Crippen molar-refractivity contribution in [3.05, 3.63) is 29.7 Å². The van der Waals surface area contributed by atoms with Gasteiger partial charge in [-0.05, 0) is 32.0 Å². The Hall–Kier alpha value is -1.91. The maximum atomic E-state index is 13.2. The van der Waals surface area contributed by atoms with Crippen LogP contribution in [0.15, 0.2) is 18.2 Å². The van der Waals surface area contributed by atoms with E-state index in [0.29, 0.717) is 16.6 Å². The Bertz CT molecular complexity index is 575. The summed E-state index contributed by atoms with van der Waals surface area (Å²) in [6.45, 7) is 3.82. The molecule has 0 fully saturated rings. The van der Waals surface area contributed by atoms with Gasteiger partial charge in [0.1, 0.15) is 5.82 Å². The average Bonchev–Trinajstić information content (AvgIpc) is 2.56. The molecule has 90 valence electrons. The smallest absolute Gasteiger partial charge is 0.309 e. The second-order valence-electron chi connectivity index (χ2n) is 4.22. The molecule has 0 unspecified atom stereocenters. The molecule has 1 heterocycles. The van der Waals surface area contributed by atoms with E-state index in [4.69, 9.17) is 5.11 Å². The Labute approximate surface area is 97.7 Å².